The minimum atomic E-state index is -0.467. The number of anilines is 3. The third kappa shape index (κ3) is 4.07. The molecule has 2 unspecified atom stereocenters. The lowest BCUT2D eigenvalue weighted by Gasteiger charge is -2.47. The second-order valence-corrected chi connectivity index (χ2v) is 8.48. The van der Waals surface area contributed by atoms with Gasteiger partial charge in [-0.15, -0.1) is 0 Å². The summed E-state index contributed by atoms with van der Waals surface area (Å²) in [7, 11) is 1.48. The van der Waals surface area contributed by atoms with Gasteiger partial charge in [-0.05, 0) is 58.2 Å². The van der Waals surface area contributed by atoms with Crippen LogP contribution in [0.2, 0.25) is 0 Å². The highest BCUT2D eigenvalue weighted by Crippen LogP contribution is 2.38. The van der Waals surface area contributed by atoms with Gasteiger partial charge in [0.1, 0.15) is 0 Å². The summed E-state index contributed by atoms with van der Waals surface area (Å²) in [5.41, 5.74) is 0.724. The molecule has 2 aromatic rings. The van der Waals surface area contributed by atoms with Crippen LogP contribution < -0.4 is 15.4 Å². The fourth-order valence-electron chi connectivity index (χ4n) is 4.73. The molecule has 0 bridgehead atoms. The summed E-state index contributed by atoms with van der Waals surface area (Å²) in [5.74, 6) is 0.396. The maximum Gasteiger partial charge on any atom is 0.229 e. The standard InChI is InChI=1S/C21H28FN5O2/c1-21(2)11-14(9-15-5-4-8-27(15)21)24-19-16(22)12-23-20(26-19)25-13-6-7-17(28)18(10-13)29-3/h6-7,10,12,14-15,28H,4-5,8-9,11H2,1-3H3,(H2,23,24,25,26). The number of rotatable bonds is 5. The number of piperidine rings is 1. The highest BCUT2D eigenvalue weighted by molar-refractivity contribution is 5.60. The molecule has 3 N–H and O–H groups in total. The van der Waals surface area contributed by atoms with Crippen molar-refractivity contribution in [2.45, 2.75) is 57.2 Å². The van der Waals surface area contributed by atoms with Crippen molar-refractivity contribution in [1.29, 1.82) is 0 Å². The van der Waals surface area contributed by atoms with Gasteiger partial charge in [0, 0.05) is 29.4 Å². The van der Waals surface area contributed by atoms with E-state index in [4.69, 9.17) is 4.74 Å². The lowest BCUT2D eigenvalue weighted by atomic mass is 9.84. The molecule has 2 atom stereocenters. The number of benzene rings is 1. The smallest absolute Gasteiger partial charge is 0.229 e. The SMILES string of the molecule is COc1cc(Nc2ncc(F)c(NC3CC4CCCN4C(C)(C)C3)n2)ccc1O. The van der Waals surface area contributed by atoms with Gasteiger partial charge in [0.15, 0.2) is 23.1 Å². The van der Waals surface area contributed by atoms with E-state index in [0.717, 1.165) is 19.4 Å². The first-order valence-corrected chi connectivity index (χ1v) is 10.1. The summed E-state index contributed by atoms with van der Waals surface area (Å²) in [6.45, 7) is 5.68. The van der Waals surface area contributed by atoms with E-state index in [-0.39, 0.29) is 29.1 Å². The summed E-state index contributed by atoms with van der Waals surface area (Å²) in [5, 5.41) is 16.1. The number of ether oxygens (including phenoxy) is 1. The molecule has 2 fully saturated rings. The number of aromatic hydroxyl groups is 1. The lowest BCUT2D eigenvalue weighted by molar-refractivity contribution is 0.0500. The first-order valence-electron chi connectivity index (χ1n) is 10.1. The minimum Gasteiger partial charge on any atom is -0.504 e. The monoisotopic (exact) mass is 401 g/mol. The molecule has 0 amide bonds. The maximum absolute atomic E-state index is 14.4. The van der Waals surface area contributed by atoms with Crippen molar-refractivity contribution in [1.82, 2.24) is 14.9 Å². The van der Waals surface area contributed by atoms with Crippen molar-refractivity contribution >= 4 is 17.5 Å². The summed E-state index contributed by atoms with van der Waals surface area (Å²) >= 11 is 0. The van der Waals surface area contributed by atoms with Gasteiger partial charge in [0.05, 0.1) is 13.3 Å². The Morgan fingerprint density at radius 1 is 1.34 bits per heavy atom. The van der Waals surface area contributed by atoms with Crippen LogP contribution in [0.3, 0.4) is 0 Å². The van der Waals surface area contributed by atoms with Crippen molar-refractivity contribution in [2.75, 3.05) is 24.3 Å². The molecule has 29 heavy (non-hydrogen) atoms. The van der Waals surface area contributed by atoms with Crippen LogP contribution in [0.4, 0.5) is 21.8 Å². The maximum atomic E-state index is 14.4. The number of hydrogen-bond donors (Lipinski definition) is 3. The highest BCUT2D eigenvalue weighted by Gasteiger charge is 2.43. The summed E-state index contributed by atoms with van der Waals surface area (Å²) in [6, 6.07) is 5.53. The molecule has 2 saturated heterocycles. The van der Waals surface area contributed by atoms with Crippen molar-refractivity contribution in [2.24, 2.45) is 0 Å². The Labute approximate surface area is 170 Å². The van der Waals surface area contributed by atoms with Crippen LogP contribution in [0, 0.1) is 5.82 Å². The number of aromatic nitrogens is 2. The molecule has 7 nitrogen and oxygen atoms in total. The van der Waals surface area contributed by atoms with E-state index in [9.17, 15) is 9.50 Å². The van der Waals surface area contributed by atoms with E-state index in [1.165, 1.54) is 32.2 Å². The molecule has 0 radical (unpaired) electrons. The van der Waals surface area contributed by atoms with Crippen LogP contribution in [0.1, 0.15) is 39.5 Å². The molecule has 2 aliphatic rings. The number of halogens is 1. The zero-order valence-corrected chi connectivity index (χ0v) is 17.1. The Hall–Kier alpha value is -2.61. The molecule has 156 valence electrons. The van der Waals surface area contributed by atoms with Crippen LogP contribution in [-0.2, 0) is 0 Å². The normalized spacial score (nSPS) is 23.4. The Bertz CT molecular complexity index is 891. The van der Waals surface area contributed by atoms with Gasteiger partial charge < -0.3 is 20.5 Å². The number of fused-ring (bicyclic) bond motifs is 1. The molecule has 3 heterocycles. The second kappa shape index (κ2) is 7.67. The number of nitrogens with zero attached hydrogens (tertiary/aromatic N) is 3. The van der Waals surface area contributed by atoms with Crippen molar-refractivity contribution in [3.63, 3.8) is 0 Å². The molecule has 0 saturated carbocycles. The second-order valence-electron chi connectivity index (χ2n) is 8.48. The summed E-state index contributed by atoms with van der Waals surface area (Å²) in [4.78, 5) is 11.0. The van der Waals surface area contributed by atoms with Gasteiger partial charge in [0.2, 0.25) is 5.95 Å². The number of nitrogens with one attached hydrogen (secondary N) is 2. The zero-order valence-electron chi connectivity index (χ0n) is 17.1. The molecular weight excluding hydrogens is 373 g/mol. The van der Waals surface area contributed by atoms with Crippen LogP contribution in [0.15, 0.2) is 24.4 Å². The fourth-order valence-corrected chi connectivity index (χ4v) is 4.73. The van der Waals surface area contributed by atoms with E-state index >= 15 is 0 Å². The van der Waals surface area contributed by atoms with Crippen molar-refractivity contribution in [3.8, 4) is 11.5 Å². The predicted octanol–water partition coefficient (Wildman–Crippen LogP) is 3.89. The number of phenols is 1. The zero-order chi connectivity index (χ0) is 20.6. The molecule has 0 aliphatic carbocycles. The Morgan fingerprint density at radius 2 is 2.17 bits per heavy atom. The molecule has 2 aliphatic heterocycles. The molecule has 0 spiro atoms. The summed E-state index contributed by atoms with van der Waals surface area (Å²) < 4.78 is 19.5. The summed E-state index contributed by atoms with van der Waals surface area (Å²) in [6.07, 6.45) is 5.52. The van der Waals surface area contributed by atoms with Gasteiger partial charge in [-0.2, -0.15) is 4.98 Å². The van der Waals surface area contributed by atoms with Gasteiger partial charge in [-0.1, -0.05) is 0 Å². The third-order valence-electron chi connectivity index (χ3n) is 5.98. The van der Waals surface area contributed by atoms with E-state index in [1.54, 1.807) is 12.1 Å². The van der Waals surface area contributed by atoms with E-state index in [0.29, 0.717) is 17.5 Å². The van der Waals surface area contributed by atoms with Crippen LogP contribution in [0.5, 0.6) is 11.5 Å². The average molecular weight is 401 g/mol. The first-order chi connectivity index (χ1) is 13.9. The molecule has 1 aromatic heterocycles. The largest absolute Gasteiger partial charge is 0.504 e. The number of phenolic OH excluding ortho intramolecular Hbond substituents is 1. The predicted molar refractivity (Wildman–Crippen MR) is 110 cm³/mol. The Balaban J connectivity index is 1.50. The van der Waals surface area contributed by atoms with Crippen LogP contribution in [-0.4, -0.2) is 51.3 Å². The van der Waals surface area contributed by atoms with Crippen molar-refractivity contribution in [3.05, 3.63) is 30.2 Å². The Kier molecular flexibility index (Phi) is 5.21. The first kappa shape index (κ1) is 19.7. The van der Waals surface area contributed by atoms with Gasteiger partial charge in [-0.25, -0.2) is 9.37 Å². The quantitative estimate of drug-likeness (QED) is 0.656. The van der Waals surface area contributed by atoms with Crippen molar-refractivity contribution < 1.29 is 14.2 Å². The average Bonchev–Trinajstić information content (AvgIpc) is 3.15. The fraction of sp³-hybridized carbons (Fsp3) is 0.524. The van der Waals surface area contributed by atoms with Gasteiger partial charge in [0.25, 0.3) is 0 Å². The number of methoxy groups -OCH3 is 1. The Morgan fingerprint density at radius 3 is 2.97 bits per heavy atom. The molecular formula is C21H28FN5O2. The third-order valence-corrected chi connectivity index (χ3v) is 5.98. The lowest BCUT2D eigenvalue weighted by Crippen LogP contribution is -2.55. The molecule has 4 rings (SSSR count). The van der Waals surface area contributed by atoms with Crippen LogP contribution >= 0.6 is 0 Å². The minimum absolute atomic E-state index is 0.0429. The van der Waals surface area contributed by atoms with Gasteiger partial charge >= 0.3 is 0 Å². The van der Waals surface area contributed by atoms with E-state index < -0.39 is 5.82 Å². The van der Waals surface area contributed by atoms with E-state index in [2.05, 4.69) is 39.3 Å². The number of hydrogen-bond acceptors (Lipinski definition) is 7. The topological polar surface area (TPSA) is 82.5 Å². The molecule has 8 heteroatoms. The van der Waals surface area contributed by atoms with Crippen LogP contribution in [0.25, 0.3) is 0 Å². The van der Waals surface area contributed by atoms with E-state index in [1.807, 2.05) is 0 Å². The van der Waals surface area contributed by atoms with Gasteiger partial charge in [-0.3, -0.25) is 4.90 Å². The highest BCUT2D eigenvalue weighted by atomic mass is 19.1. The molecule has 1 aromatic carbocycles.